The number of nitrogen functional groups attached to an aromatic ring is 3. The number of pyridine rings is 3. The Kier molecular flexibility index (Phi) is 18.0. The van der Waals surface area contributed by atoms with Crippen molar-refractivity contribution in [1.82, 2.24) is 59.0 Å². The zero-order chi connectivity index (χ0) is 57.0. The minimum atomic E-state index is -4.23. The van der Waals surface area contributed by atoms with Crippen LogP contribution in [-0.4, -0.2) is 112 Å². The van der Waals surface area contributed by atoms with Gasteiger partial charge in [0.25, 0.3) is 47.8 Å². The molecule has 3 amide bonds. The fourth-order valence-corrected chi connectivity index (χ4v) is 11.7. The molecule has 0 aliphatic carbocycles. The van der Waals surface area contributed by atoms with Gasteiger partial charge in [-0.3, -0.25) is 14.4 Å². The predicted molar refractivity (Wildman–Crippen MR) is 299 cm³/mol. The molecule has 26 nitrogen and oxygen atoms in total. The SMILES string of the molecule is C[C@@H]1CN(c2cnc(C(=O)NS(=O)(=O)c3cccc(N)n3)c(Cl)n2)C(C)(C)C1.C[C@@H]1CN(c2nc(Cl)cnc2C(=O)NS(=O)(=O)c2cccc(N)n2)C(C)(C)C1.Nc1cccc(S(=O)(=O)NC(=O)c2ncc(Cl)nc2Cl)n1.[HH].[HH].[HH].[HH].[HH].[HH]. The number of aromatic nitrogens is 9. The van der Waals surface area contributed by atoms with E-state index in [9.17, 15) is 39.6 Å². The van der Waals surface area contributed by atoms with Crippen molar-refractivity contribution in [2.24, 2.45) is 11.8 Å². The second-order valence-corrected chi connectivity index (χ2v) is 24.9. The fourth-order valence-electron chi connectivity index (χ4n) is 8.20. The van der Waals surface area contributed by atoms with Crippen molar-refractivity contribution in [3.63, 3.8) is 0 Å². The third-order valence-electron chi connectivity index (χ3n) is 11.2. The summed E-state index contributed by atoms with van der Waals surface area (Å²) in [7, 11) is -12.7. The lowest BCUT2D eigenvalue weighted by Gasteiger charge is -2.33. The molecule has 2 saturated heterocycles. The van der Waals surface area contributed by atoms with E-state index in [1.54, 1.807) is 4.72 Å². The van der Waals surface area contributed by atoms with Crippen molar-refractivity contribution in [2.75, 3.05) is 40.1 Å². The molecule has 9 N–H and O–H groups in total. The summed E-state index contributed by atoms with van der Waals surface area (Å²) in [4.78, 5) is 76.0. The summed E-state index contributed by atoms with van der Waals surface area (Å²) in [6, 6.07) is 12.2. The molecular weight excluding hydrogens is 1150 g/mol. The topological polar surface area (TPSA) is 390 Å². The first-order valence-electron chi connectivity index (χ1n) is 22.5. The van der Waals surface area contributed by atoms with Crippen LogP contribution in [0, 0.1) is 11.8 Å². The Morgan fingerprint density at radius 2 is 0.883 bits per heavy atom. The third kappa shape index (κ3) is 14.8. The van der Waals surface area contributed by atoms with Gasteiger partial charge in [-0.1, -0.05) is 78.5 Å². The maximum Gasteiger partial charge on any atom is 0.287 e. The van der Waals surface area contributed by atoms with Gasteiger partial charge in [0.15, 0.2) is 48.3 Å². The molecule has 2 fully saturated rings. The number of nitrogens with one attached hydrogen (secondary N) is 3. The van der Waals surface area contributed by atoms with E-state index in [0.29, 0.717) is 24.2 Å². The Labute approximate surface area is 471 Å². The number of carbonyl (C=O) groups excluding carboxylic acids is 3. The van der Waals surface area contributed by atoms with Crippen molar-refractivity contribution >= 4 is 123 Å². The van der Waals surface area contributed by atoms with Crippen LogP contribution in [0.1, 0.15) is 94.4 Å². The summed E-state index contributed by atoms with van der Waals surface area (Å²) in [5, 5.41) is -1.57. The Morgan fingerprint density at radius 3 is 1.25 bits per heavy atom. The molecule has 0 saturated carbocycles. The van der Waals surface area contributed by atoms with Crippen LogP contribution >= 0.6 is 46.4 Å². The zero-order valence-electron chi connectivity index (χ0n) is 41.5. The summed E-state index contributed by atoms with van der Waals surface area (Å²) in [5.74, 6) is -1.31. The summed E-state index contributed by atoms with van der Waals surface area (Å²) >= 11 is 23.4. The van der Waals surface area contributed by atoms with Gasteiger partial charge in [-0.25, -0.2) is 59.0 Å². The minimum Gasteiger partial charge on any atom is -0.384 e. The maximum absolute atomic E-state index is 12.8. The quantitative estimate of drug-likeness (QED) is 0.0858. The van der Waals surface area contributed by atoms with Crippen molar-refractivity contribution in [2.45, 2.75) is 80.5 Å². The van der Waals surface area contributed by atoms with Crippen LogP contribution in [0.15, 0.2) is 88.3 Å². The van der Waals surface area contributed by atoms with Gasteiger partial charge in [0.05, 0.1) is 18.6 Å². The lowest BCUT2D eigenvalue weighted by atomic mass is 9.97. The largest absolute Gasteiger partial charge is 0.384 e. The molecule has 2 aliphatic heterocycles. The molecule has 0 bridgehead atoms. The number of anilines is 5. The van der Waals surface area contributed by atoms with Gasteiger partial charge in [-0.2, -0.15) is 25.3 Å². The first kappa shape index (κ1) is 59.4. The standard InChI is InChI=1S/2C17H21ClN6O3S.C10H7Cl2N5O3S.6H2/c1-10-7-17(2,3)24(9-10)15-14(20-8-11(18)21-15)16(25)23-28(26,27)13-6-4-5-12(19)22-13;1-10-7-17(2,3)24(9-10)12-8-20-14(15(18)22-12)16(25)23-28(26,27)13-6-4-5-11(19)21-13;11-5-4-14-8(9(12)15-5)10(18)17-21(19,20)7-3-1-2-6(13)16-7;;;;;;/h4-6,8,10H,7,9H2,1-3H3,(H2,19,22)(H,23,25);4-6,8,10H,7,9H2,1-3H3,(H2,19,21)(H,23,25);1-4H,(H2,13,16)(H,17,18);6*1H/t2*10-;;;;;;;/m00......./s1. The first-order valence-corrected chi connectivity index (χ1v) is 28.4. The molecule has 0 unspecified atom stereocenters. The van der Waals surface area contributed by atoms with Gasteiger partial charge < -0.3 is 27.0 Å². The van der Waals surface area contributed by atoms with E-state index in [-0.39, 0.29) is 90.7 Å². The fraction of sp³-hybridized carbons (Fsp3) is 0.318. The van der Waals surface area contributed by atoms with Crippen LogP contribution in [0.2, 0.25) is 20.6 Å². The highest BCUT2D eigenvalue weighted by Crippen LogP contribution is 2.38. The number of halogens is 4. The molecule has 6 aromatic rings. The molecule has 0 spiro atoms. The summed E-state index contributed by atoms with van der Waals surface area (Å²) in [5.41, 5.74) is 15.2. The molecule has 2 atom stereocenters. The summed E-state index contributed by atoms with van der Waals surface area (Å²) in [6.45, 7) is 13.9. The molecular formula is C44H61Cl4N17O9S3. The number of sulfonamides is 3. The second kappa shape index (κ2) is 23.4. The minimum absolute atomic E-state index is 0. The predicted octanol–water partition coefficient (Wildman–Crippen LogP) is 6.06. The van der Waals surface area contributed by atoms with Crippen molar-refractivity contribution in [3.05, 3.63) is 111 Å². The summed E-state index contributed by atoms with van der Waals surface area (Å²) < 4.78 is 79.3. The summed E-state index contributed by atoms with van der Waals surface area (Å²) in [6.07, 6.45) is 5.56. The van der Waals surface area contributed by atoms with Crippen LogP contribution in [0.4, 0.5) is 29.1 Å². The molecule has 77 heavy (non-hydrogen) atoms. The number of hydrogen-bond donors (Lipinski definition) is 6. The highest BCUT2D eigenvalue weighted by Gasteiger charge is 2.41. The normalized spacial score (nSPS) is 16.8. The van der Waals surface area contributed by atoms with Crippen LogP contribution in [-0.2, 0) is 30.1 Å². The number of nitrogens with zero attached hydrogens (tertiary/aromatic N) is 11. The van der Waals surface area contributed by atoms with Crippen LogP contribution in [0.25, 0.3) is 0 Å². The Morgan fingerprint density at radius 1 is 0.532 bits per heavy atom. The average molecular weight is 1210 g/mol. The molecule has 2 aliphatic rings. The van der Waals surface area contributed by atoms with E-state index in [1.165, 1.54) is 67.0 Å². The van der Waals surface area contributed by atoms with Gasteiger partial charge in [-0.15, -0.1) is 0 Å². The Hall–Kier alpha value is -6.89. The highest BCUT2D eigenvalue weighted by atomic mass is 35.5. The molecule has 8 heterocycles. The molecule has 6 aromatic heterocycles. The van der Waals surface area contributed by atoms with E-state index in [1.807, 2.05) is 28.2 Å². The molecule has 33 heteroatoms. The van der Waals surface area contributed by atoms with Gasteiger partial charge in [0.2, 0.25) is 0 Å². The van der Waals surface area contributed by atoms with Gasteiger partial charge in [-0.05, 0) is 88.8 Å². The maximum atomic E-state index is 12.8. The monoisotopic (exact) mass is 1210 g/mol. The molecule has 8 rings (SSSR count). The second-order valence-electron chi connectivity index (χ2n) is 18.5. The van der Waals surface area contributed by atoms with Gasteiger partial charge >= 0.3 is 0 Å². The highest BCUT2D eigenvalue weighted by molar-refractivity contribution is 7.90. The first-order chi connectivity index (χ1) is 35.8. The molecule has 0 aromatic carbocycles. The van der Waals surface area contributed by atoms with E-state index in [0.717, 1.165) is 25.6 Å². The number of hydrogen-bond acceptors (Lipinski definition) is 23. The lowest BCUT2D eigenvalue weighted by molar-refractivity contribution is 0.0967. The Bertz CT molecular complexity index is 3640. The van der Waals surface area contributed by atoms with E-state index in [2.05, 4.69) is 77.5 Å². The third-order valence-corrected chi connectivity index (χ3v) is 15.8. The number of amides is 3. The number of nitrogens with two attached hydrogens (primary N) is 3. The van der Waals surface area contributed by atoms with E-state index in [4.69, 9.17) is 63.6 Å². The van der Waals surface area contributed by atoms with E-state index < -0.39 is 52.8 Å². The molecule has 0 radical (unpaired) electrons. The number of carbonyl (C=O) groups is 3. The zero-order valence-corrected chi connectivity index (χ0v) is 46.9. The van der Waals surface area contributed by atoms with Crippen molar-refractivity contribution < 1.29 is 48.2 Å². The Balaban J connectivity index is 0.00000119. The van der Waals surface area contributed by atoms with Crippen LogP contribution in [0.5, 0.6) is 0 Å². The molecule has 422 valence electrons. The van der Waals surface area contributed by atoms with Gasteiger partial charge in [0.1, 0.15) is 33.6 Å². The van der Waals surface area contributed by atoms with Gasteiger partial charge in [0, 0.05) is 32.7 Å². The average Bonchev–Trinajstić information content (AvgIpc) is 3.77. The number of rotatable bonds is 11. The van der Waals surface area contributed by atoms with E-state index >= 15 is 0 Å². The van der Waals surface area contributed by atoms with Crippen molar-refractivity contribution in [1.29, 1.82) is 0 Å². The van der Waals surface area contributed by atoms with Crippen LogP contribution in [0.3, 0.4) is 0 Å². The van der Waals surface area contributed by atoms with Crippen molar-refractivity contribution in [3.8, 4) is 0 Å². The lowest BCUT2D eigenvalue weighted by Crippen LogP contribution is -2.41. The smallest absolute Gasteiger partial charge is 0.287 e. The van der Waals surface area contributed by atoms with Crippen LogP contribution < -0.4 is 41.2 Å².